The minimum absolute atomic E-state index is 0.209. The van der Waals surface area contributed by atoms with Gasteiger partial charge in [0.05, 0.1) is 5.56 Å². The van der Waals surface area contributed by atoms with E-state index < -0.39 is 11.7 Å². The van der Waals surface area contributed by atoms with E-state index in [9.17, 15) is 13.2 Å². The van der Waals surface area contributed by atoms with Crippen LogP contribution in [0.2, 0.25) is 0 Å². The second-order valence-electron chi connectivity index (χ2n) is 3.84. The number of alkyl halides is 3. The number of hydrogen-bond donors (Lipinski definition) is 2. The monoisotopic (exact) mass is 268 g/mol. The molecule has 0 atom stereocenters. The quantitative estimate of drug-likeness (QED) is 0.879. The normalized spacial score (nSPS) is 11.4. The zero-order valence-corrected chi connectivity index (χ0v) is 9.99. The number of rotatable bonds is 2. The first kappa shape index (κ1) is 13.1. The highest BCUT2D eigenvalue weighted by molar-refractivity contribution is 5.66. The zero-order valence-electron chi connectivity index (χ0n) is 9.99. The number of halogens is 3. The van der Waals surface area contributed by atoms with Gasteiger partial charge in [-0.05, 0) is 18.2 Å². The molecule has 7 heteroatoms. The molecule has 0 saturated carbocycles. The Bertz CT molecular complexity index is 579. The van der Waals surface area contributed by atoms with Crippen LogP contribution in [-0.2, 0) is 6.18 Å². The third-order valence-electron chi connectivity index (χ3n) is 2.55. The minimum Gasteiger partial charge on any atom is -0.384 e. The van der Waals surface area contributed by atoms with Crippen molar-refractivity contribution in [3.05, 3.63) is 36.2 Å². The Morgan fingerprint density at radius 1 is 1.11 bits per heavy atom. The lowest BCUT2D eigenvalue weighted by Crippen LogP contribution is -2.10. The predicted octanol–water partition coefficient (Wildman–Crippen LogP) is 2.79. The molecule has 0 bridgehead atoms. The molecule has 0 aromatic carbocycles. The Kier molecular flexibility index (Phi) is 3.28. The molecule has 0 aliphatic carbocycles. The van der Waals surface area contributed by atoms with Crippen LogP contribution in [0.3, 0.4) is 0 Å². The van der Waals surface area contributed by atoms with E-state index in [1.54, 1.807) is 6.07 Å². The van der Waals surface area contributed by atoms with Crippen molar-refractivity contribution in [1.82, 2.24) is 9.97 Å². The molecule has 3 N–H and O–H groups in total. The molecule has 2 aromatic rings. The van der Waals surface area contributed by atoms with Gasteiger partial charge in [0.25, 0.3) is 0 Å². The Morgan fingerprint density at radius 2 is 1.79 bits per heavy atom. The van der Waals surface area contributed by atoms with Crippen molar-refractivity contribution in [2.45, 2.75) is 6.18 Å². The molecule has 19 heavy (non-hydrogen) atoms. The minimum atomic E-state index is -4.47. The highest BCUT2D eigenvalue weighted by Crippen LogP contribution is 2.35. The molecule has 0 unspecified atom stereocenters. The van der Waals surface area contributed by atoms with Crippen molar-refractivity contribution in [2.24, 2.45) is 0 Å². The number of nitrogens with one attached hydrogen (secondary N) is 1. The summed E-state index contributed by atoms with van der Waals surface area (Å²) >= 11 is 0. The van der Waals surface area contributed by atoms with Crippen molar-refractivity contribution in [2.75, 3.05) is 18.1 Å². The fraction of sp³-hybridized carbons (Fsp3) is 0.167. The van der Waals surface area contributed by atoms with Gasteiger partial charge in [-0.15, -0.1) is 0 Å². The summed E-state index contributed by atoms with van der Waals surface area (Å²) in [6, 6.07) is 4.15. The van der Waals surface area contributed by atoms with E-state index in [2.05, 4.69) is 15.3 Å². The van der Waals surface area contributed by atoms with Gasteiger partial charge in [0.15, 0.2) is 0 Å². The van der Waals surface area contributed by atoms with Crippen molar-refractivity contribution in [3.8, 4) is 11.1 Å². The molecule has 0 aliphatic heterocycles. The first-order valence-corrected chi connectivity index (χ1v) is 5.38. The molecule has 2 aromatic heterocycles. The van der Waals surface area contributed by atoms with Gasteiger partial charge < -0.3 is 11.1 Å². The Balaban J connectivity index is 2.52. The molecule has 4 nitrogen and oxygen atoms in total. The van der Waals surface area contributed by atoms with Crippen LogP contribution in [0.4, 0.5) is 24.8 Å². The molecule has 0 fully saturated rings. The molecular formula is C12H11F3N4. The van der Waals surface area contributed by atoms with E-state index in [1.165, 1.54) is 25.5 Å². The van der Waals surface area contributed by atoms with Crippen LogP contribution < -0.4 is 11.1 Å². The van der Waals surface area contributed by atoms with Crippen LogP contribution in [0.25, 0.3) is 11.1 Å². The number of hydrogen-bond acceptors (Lipinski definition) is 4. The van der Waals surface area contributed by atoms with Crippen LogP contribution in [-0.4, -0.2) is 17.0 Å². The number of nitrogens with zero attached hydrogens (tertiary/aromatic N) is 2. The molecule has 2 rings (SSSR count). The Morgan fingerprint density at radius 3 is 2.32 bits per heavy atom. The second-order valence-corrected chi connectivity index (χ2v) is 3.84. The molecule has 0 radical (unpaired) electrons. The highest BCUT2D eigenvalue weighted by atomic mass is 19.4. The fourth-order valence-electron chi connectivity index (χ4n) is 1.61. The molecule has 100 valence electrons. The Hall–Kier alpha value is -2.31. The van der Waals surface area contributed by atoms with E-state index in [-0.39, 0.29) is 5.82 Å². The average Bonchev–Trinajstić information content (AvgIpc) is 2.38. The summed E-state index contributed by atoms with van der Waals surface area (Å²) in [6.07, 6.45) is -1.71. The molecule has 0 amide bonds. The molecular weight excluding hydrogens is 257 g/mol. The van der Waals surface area contributed by atoms with Crippen molar-refractivity contribution in [1.29, 1.82) is 0 Å². The molecule has 0 aliphatic rings. The van der Waals surface area contributed by atoms with Crippen LogP contribution >= 0.6 is 0 Å². The van der Waals surface area contributed by atoms with Crippen LogP contribution in [0, 0.1) is 0 Å². The smallest absolute Gasteiger partial charge is 0.384 e. The maximum Gasteiger partial charge on any atom is 0.419 e. The maximum absolute atomic E-state index is 12.9. The van der Waals surface area contributed by atoms with Gasteiger partial charge in [-0.1, -0.05) is 0 Å². The highest BCUT2D eigenvalue weighted by Gasteiger charge is 2.34. The number of pyridine rings is 2. The summed E-state index contributed by atoms with van der Waals surface area (Å²) in [5, 5.41) is 2.42. The van der Waals surface area contributed by atoms with E-state index in [0.29, 0.717) is 16.9 Å². The number of nitrogen functional groups attached to an aromatic ring is 1. The van der Waals surface area contributed by atoms with E-state index in [4.69, 9.17) is 5.73 Å². The van der Waals surface area contributed by atoms with Gasteiger partial charge in [-0.2, -0.15) is 13.2 Å². The average molecular weight is 268 g/mol. The molecule has 0 saturated heterocycles. The van der Waals surface area contributed by atoms with Gasteiger partial charge in [0.1, 0.15) is 11.6 Å². The standard InChI is InChI=1S/C12H11F3N4/c1-17-11-9(12(13,14)15)4-8(6-19-11)7-2-3-10(16)18-5-7/h2-6H,1H3,(H2,16,18)(H,17,19). The lowest BCUT2D eigenvalue weighted by atomic mass is 10.1. The lowest BCUT2D eigenvalue weighted by molar-refractivity contribution is -0.137. The third kappa shape index (κ3) is 2.75. The SMILES string of the molecule is CNc1ncc(-c2ccc(N)nc2)cc1C(F)(F)F. The summed E-state index contributed by atoms with van der Waals surface area (Å²) in [7, 11) is 1.39. The van der Waals surface area contributed by atoms with Gasteiger partial charge in [-0.3, -0.25) is 0 Å². The lowest BCUT2D eigenvalue weighted by Gasteiger charge is -2.13. The summed E-state index contributed by atoms with van der Waals surface area (Å²) < 4.78 is 38.6. The van der Waals surface area contributed by atoms with Gasteiger partial charge in [0, 0.05) is 30.6 Å². The van der Waals surface area contributed by atoms with Crippen LogP contribution in [0.15, 0.2) is 30.6 Å². The number of aromatic nitrogens is 2. The van der Waals surface area contributed by atoms with Crippen molar-refractivity contribution >= 4 is 11.6 Å². The number of anilines is 2. The van der Waals surface area contributed by atoms with Gasteiger partial charge >= 0.3 is 6.18 Å². The maximum atomic E-state index is 12.9. The van der Waals surface area contributed by atoms with Gasteiger partial charge in [-0.25, -0.2) is 9.97 Å². The van der Waals surface area contributed by atoms with Crippen LogP contribution in [0.1, 0.15) is 5.56 Å². The van der Waals surface area contributed by atoms with Crippen molar-refractivity contribution < 1.29 is 13.2 Å². The zero-order chi connectivity index (χ0) is 14.0. The Labute approximate surface area is 107 Å². The van der Waals surface area contributed by atoms with E-state index in [1.807, 2.05) is 0 Å². The van der Waals surface area contributed by atoms with E-state index >= 15 is 0 Å². The van der Waals surface area contributed by atoms with Gasteiger partial charge in [0.2, 0.25) is 0 Å². The fourth-order valence-corrected chi connectivity index (χ4v) is 1.61. The topological polar surface area (TPSA) is 63.8 Å². The van der Waals surface area contributed by atoms with Crippen molar-refractivity contribution in [3.63, 3.8) is 0 Å². The number of nitrogens with two attached hydrogens (primary N) is 1. The predicted molar refractivity (Wildman–Crippen MR) is 66.4 cm³/mol. The summed E-state index contributed by atoms with van der Waals surface area (Å²) in [4.78, 5) is 7.62. The largest absolute Gasteiger partial charge is 0.419 e. The first-order valence-electron chi connectivity index (χ1n) is 5.38. The second kappa shape index (κ2) is 4.75. The summed E-state index contributed by atoms with van der Waals surface area (Å²) in [6.45, 7) is 0. The van der Waals surface area contributed by atoms with Crippen LogP contribution in [0.5, 0.6) is 0 Å². The first-order chi connectivity index (χ1) is 8.91. The molecule has 2 heterocycles. The molecule has 0 spiro atoms. The third-order valence-corrected chi connectivity index (χ3v) is 2.55. The van der Waals surface area contributed by atoms with E-state index in [0.717, 1.165) is 6.07 Å². The summed E-state index contributed by atoms with van der Waals surface area (Å²) in [5.74, 6) is 0.0965. The summed E-state index contributed by atoms with van der Waals surface area (Å²) in [5.41, 5.74) is 5.47.